The van der Waals surface area contributed by atoms with Gasteiger partial charge in [0.2, 0.25) is 0 Å². The van der Waals surface area contributed by atoms with Crippen molar-refractivity contribution in [1.29, 1.82) is 0 Å². The number of anilines is 2. The van der Waals surface area contributed by atoms with Gasteiger partial charge in [-0.3, -0.25) is 0 Å². The summed E-state index contributed by atoms with van der Waals surface area (Å²) >= 11 is 0. The molecule has 2 rings (SSSR count). The fourth-order valence-electron chi connectivity index (χ4n) is 3.16. The van der Waals surface area contributed by atoms with Crippen LogP contribution in [0.3, 0.4) is 0 Å². The third-order valence-corrected chi connectivity index (χ3v) is 4.25. The van der Waals surface area contributed by atoms with Crippen LogP contribution in [0.25, 0.3) is 0 Å². The van der Waals surface area contributed by atoms with Crippen LogP contribution < -0.4 is 11.1 Å². The number of aryl methyl sites for hydroxylation is 2. The van der Waals surface area contributed by atoms with E-state index in [1.807, 2.05) is 18.5 Å². The Balaban J connectivity index is 2.27. The van der Waals surface area contributed by atoms with Crippen molar-refractivity contribution >= 4 is 11.5 Å². The maximum absolute atomic E-state index is 9.85. The minimum atomic E-state index is -0.245. The molecule has 0 saturated heterocycles. The molecule has 1 saturated carbocycles. The highest BCUT2D eigenvalue weighted by Gasteiger charge is 2.35. The molecule has 1 aromatic rings. The summed E-state index contributed by atoms with van der Waals surface area (Å²) in [7, 11) is 0. The van der Waals surface area contributed by atoms with Gasteiger partial charge < -0.3 is 16.2 Å². The second kappa shape index (κ2) is 5.41. The molecule has 0 radical (unpaired) electrons. The lowest BCUT2D eigenvalue weighted by atomic mass is 9.77. The minimum absolute atomic E-state index is 0.144. The molecular formula is C14H26N4O. The Bertz CT molecular complexity index is 443. The molecule has 108 valence electrons. The summed E-state index contributed by atoms with van der Waals surface area (Å²) in [5.74, 6) is 1.50. The first-order valence-corrected chi connectivity index (χ1v) is 7.23. The van der Waals surface area contributed by atoms with E-state index < -0.39 is 0 Å². The molecule has 1 fully saturated rings. The van der Waals surface area contributed by atoms with Gasteiger partial charge in [-0.1, -0.05) is 19.8 Å². The Morgan fingerprint density at radius 1 is 1.58 bits per heavy atom. The van der Waals surface area contributed by atoms with E-state index in [4.69, 9.17) is 5.73 Å². The molecule has 2 unspecified atom stereocenters. The van der Waals surface area contributed by atoms with Gasteiger partial charge in [0.15, 0.2) is 0 Å². The number of aliphatic hydroxyl groups excluding tert-OH is 1. The second-order valence-electron chi connectivity index (χ2n) is 5.93. The van der Waals surface area contributed by atoms with E-state index in [-0.39, 0.29) is 12.1 Å². The zero-order chi connectivity index (χ0) is 14.0. The SMILES string of the molecule is CCn1nc(C)c(N)c1NC1(CO)CCCC(C)C1. The van der Waals surface area contributed by atoms with E-state index in [2.05, 4.69) is 17.3 Å². The highest BCUT2D eigenvalue weighted by molar-refractivity contribution is 5.65. The quantitative estimate of drug-likeness (QED) is 0.780. The molecular weight excluding hydrogens is 240 g/mol. The zero-order valence-corrected chi connectivity index (χ0v) is 12.2. The molecule has 2 atom stereocenters. The van der Waals surface area contributed by atoms with Crippen molar-refractivity contribution in [3.8, 4) is 0 Å². The topological polar surface area (TPSA) is 76.1 Å². The molecule has 0 spiro atoms. The summed E-state index contributed by atoms with van der Waals surface area (Å²) in [4.78, 5) is 0. The number of hydrogen-bond acceptors (Lipinski definition) is 4. The number of hydrogen-bond donors (Lipinski definition) is 3. The van der Waals surface area contributed by atoms with E-state index in [0.29, 0.717) is 11.6 Å². The Labute approximate surface area is 115 Å². The van der Waals surface area contributed by atoms with Crippen LogP contribution in [0.4, 0.5) is 11.5 Å². The summed E-state index contributed by atoms with van der Waals surface area (Å²) in [6.45, 7) is 7.13. The lowest BCUT2D eigenvalue weighted by Crippen LogP contribution is -2.46. The first kappa shape index (κ1) is 14.2. The van der Waals surface area contributed by atoms with Crippen molar-refractivity contribution < 1.29 is 5.11 Å². The predicted molar refractivity (Wildman–Crippen MR) is 78.1 cm³/mol. The van der Waals surface area contributed by atoms with Crippen molar-refractivity contribution in [1.82, 2.24) is 9.78 Å². The van der Waals surface area contributed by atoms with Gasteiger partial charge in [0.1, 0.15) is 5.82 Å². The molecule has 0 amide bonds. The number of rotatable bonds is 4. The molecule has 5 nitrogen and oxygen atoms in total. The fourth-order valence-corrected chi connectivity index (χ4v) is 3.16. The van der Waals surface area contributed by atoms with Gasteiger partial charge in [-0.2, -0.15) is 5.10 Å². The maximum atomic E-state index is 9.85. The molecule has 1 heterocycles. The monoisotopic (exact) mass is 266 g/mol. The minimum Gasteiger partial charge on any atom is -0.394 e. The molecule has 5 heteroatoms. The van der Waals surface area contributed by atoms with Gasteiger partial charge in [-0.25, -0.2) is 4.68 Å². The largest absolute Gasteiger partial charge is 0.394 e. The lowest BCUT2D eigenvalue weighted by molar-refractivity contribution is 0.149. The average Bonchev–Trinajstić information content (AvgIpc) is 2.66. The van der Waals surface area contributed by atoms with Crippen LogP contribution in [-0.2, 0) is 6.54 Å². The summed E-state index contributed by atoms with van der Waals surface area (Å²) < 4.78 is 1.89. The van der Waals surface area contributed by atoms with Crippen molar-refractivity contribution in [3.63, 3.8) is 0 Å². The normalized spacial score (nSPS) is 27.5. The van der Waals surface area contributed by atoms with Crippen LogP contribution in [0, 0.1) is 12.8 Å². The van der Waals surface area contributed by atoms with Gasteiger partial charge in [0.25, 0.3) is 0 Å². The summed E-state index contributed by atoms with van der Waals surface area (Å²) in [6, 6.07) is 0. The third kappa shape index (κ3) is 2.71. The van der Waals surface area contributed by atoms with Crippen molar-refractivity contribution in [3.05, 3.63) is 5.69 Å². The number of nitrogens with one attached hydrogen (secondary N) is 1. The van der Waals surface area contributed by atoms with Crippen LogP contribution in [0.15, 0.2) is 0 Å². The van der Waals surface area contributed by atoms with Gasteiger partial charge in [-0.05, 0) is 32.6 Å². The number of nitrogens with zero attached hydrogens (tertiary/aromatic N) is 2. The molecule has 0 aliphatic heterocycles. The fraction of sp³-hybridized carbons (Fsp3) is 0.786. The van der Waals surface area contributed by atoms with Crippen molar-refractivity contribution in [2.75, 3.05) is 17.7 Å². The number of aliphatic hydroxyl groups is 1. The number of aromatic nitrogens is 2. The molecule has 4 N–H and O–H groups in total. The molecule has 19 heavy (non-hydrogen) atoms. The third-order valence-electron chi connectivity index (χ3n) is 4.25. The number of nitrogens with two attached hydrogens (primary N) is 1. The maximum Gasteiger partial charge on any atom is 0.148 e. The first-order chi connectivity index (χ1) is 9.01. The summed E-state index contributed by atoms with van der Waals surface area (Å²) in [6.07, 6.45) is 4.36. The molecule has 0 aromatic carbocycles. The Morgan fingerprint density at radius 2 is 2.32 bits per heavy atom. The highest BCUT2D eigenvalue weighted by atomic mass is 16.3. The van der Waals surface area contributed by atoms with Crippen LogP contribution >= 0.6 is 0 Å². The lowest BCUT2D eigenvalue weighted by Gasteiger charge is -2.40. The van der Waals surface area contributed by atoms with E-state index in [0.717, 1.165) is 37.3 Å². The predicted octanol–water partition coefficient (Wildman–Crippen LogP) is 2.15. The van der Waals surface area contributed by atoms with Crippen LogP contribution in [-0.4, -0.2) is 27.0 Å². The van der Waals surface area contributed by atoms with Gasteiger partial charge in [0.05, 0.1) is 23.5 Å². The standard InChI is InChI=1S/C14H26N4O/c1-4-18-13(12(15)11(3)17-18)16-14(9-19)7-5-6-10(2)8-14/h10,16,19H,4-9,15H2,1-3H3. The Hall–Kier alpha value is -1.23. The second-order valence-corrected chi connectivity index (χ2v) is 5.93. The van der Waals surface area contributed by atoms with Crippen LogP contribution in [0.5, 0.6) is 0 Å². The summed E-state index contributed by atoms with van der Waals surface area (Å²) in [5.41, 5.74) is 7.42. The number of nitrogen functional groups attached to an aromatic ring is 1. The van der Waals surface area contributed by atoms with E-state index in [1.165, 1.54) is 6.42 Å². The van der Waals surface area contributed by atoms with E-state index in [1.54, 1.807) is 0 Å². The smallest absolute Gasteiger partial charge is 0.148 e. The molecule has 0 bridgehead atoms. The Morgan fingerprint density at radius 3 is 2.89 bits per heavy atom. The molecule has 1 aromatic heterocycles. The van der Waals surface area contributed by atoms with E-state index >= 15 is 0 Å². The van der Waals surface area contributed by atoms with Crippen LogP contribution in [0.1, 0.15) is 45.2 Å². The van der Waals surface area contributed by atoms with Crippen LogP contribution in [0.2, 0.25) is 0 Å². The average molecular weight is 266 g/mol. The van der Waals surface area contributed by atoms with Crippen molar-refractivity contribution in [2.24, 2.45) is 5.92 Å². The van der Waals surface area contributed by atoms with Gasteiger partial charge in [0, 0.05) is 6.54 Å². The highest BCUT2D eigenvalue weighted by Crippen LogP contribution is 2.36. The Kier molecular flexibility index (Phi) is 4.04. The first-order valence-electron chi connectivity index (χ1n) is 7.23. The molecule has 1 aliphatic carbocycles. The van der Waals surface area contributed by atoms with Crippen molar-refractivity contribution in [2.45, 2.75) is 58.5 Å². The zero-order valence-electron chi connectivity index (χ0n) is 12.2. The van der Waals surface area contributed by atoms with Gasteiger partial charge in [-0.15, -0.1) is 0 Å². The van der Waals surface area contributed by atoms with E-state index in [9.17, 15) is 5.11 Å². The van der Waals surface area contributed by atoms with Gasteiger partial charge >= 0.3 is 0 Å². The molecule has 1 aliphatic rings. The summed E-state index contributed by atoms with van der Waals surface area (Å²) in [5, 5.41) is 17.8.